The molecule has 0 radical (unpaired) electrons. The molecule has 172 valence electrons. The molecule has 0 aromatic heterocycles. The molecule has 0 unspecified atom stereocenters. The van der Waals surface area contributed by atoms with Crippen LogP contribution in [0.1, 0.15) is 40.2 Å². The molecule has 0 atom stereocenters. The van der Waals surface area contributed by atoms with Gasteiger partial charge in [0, 0.05) is 24.4 Å². The van der Waals surface area contributed by atoms with Gasteiger partial charge in [0.15, 0.2) is 0 Å². The van der Waals surface area contributed by atoms with Crippen LogP contribution < -0.4 is 5.32 Å². The van der Waals surface area contributed by atoms with Gasteiger partial charge >= 0.3 is 6.09 Å². The van der Waals surface area contributed by atoms with E-state index in [2.05, 4.69) is 77.8 Å². The molecule has 4 aromatic rings. The van der Waals surface area contributed by atoms with Gasteiger partial charge in [0.25, 0.3) is 0 Å². The first-order chi connectivity index (χ1) is 17.3. The number of amides is 1. The van der Waals surface area contributed by atoms with E-state index in [1.54, 1.807) is 0 Å². The van der Waals surface area contributed by atoms with Gasteiger partial charge in [0.2, 0.25) is 0 Å². The van der Waals surface area contributed by atoms with Crippen LogP contribution in [0.3, 0.4) is 0 Å². The molecule has 1 N–H and O–H groups in total. The van der Waals surface area contributed by atoms with Crippen molar-refractivity contribution in [2.75, 3.05) is 13.2 Å². The number of ether oxygens (including phenoxy) is 1. The van der Waals surface area contributed by atoms with Gasteiger partial charge in [-0.3, -0.25) is 0 Å². The fourth-order valence-corrected chi connectivity index (χ4v) is 4.58. The lowest BCUT2D eigenvalue weighted by atomic mass is 9.98. The Morgan fingerprint density at radius 3 is 2.03 bits per heavy atom. The smallest absolute Gasteiger partial charge is 0.407 e. The van der Waals surface area contributed by atoms with Crippen LogP contribution in [-0.2, 0) is 11.2 Å². The van der Waals surface area contributed by atoms with E-state index < -0.39 is 6.09 Å². The van der Waals surface area contributed by atoms with Crippen molar-refractivity contribution in [1.82, 2.24) is 5.32 Å². The van der Waals surface area contributed by atoms with Crippen LogP contribution in [0.25, 0.3) is 11.1 Å². The molecule has 3 heteroatoms. The molecule has 35 heavy (non-hydrogen) atoms. The molecule has 0 saturated heterocycles. The van der Waals surface area contributed by atoms with E-state index in [0.717, 1.165) is 12.0 Å². The molecule has 3 nitrogen and oxygen atoms in total. The maximum Gasteiger partial charge on any atom is 0.407 e. The van der Waals surface area contributed by atoms with E-state index >= 15 is 0 Å². The highest BCUT2D eigenvalue weighted by atomic mass is 16.5. The minimum absolute atomic E-state index is 0.0674. The van der Waals surface area contributed by atoms with E-state index in [4.69, 9.17) is 4.74 Å². The number of benzene rings is 4. The SMILES string of the molecule is O=C(NCCC#Cc1ccc(Cc2ccccc2)cc1)OCC1c2ccccc2-c2ccccc21. The highest BCUT2D eigenvalue weighted by molar-refractivity contribution is 5.79. The normalized spacial score (nSPS) is 11.7. The van der Waals surface area contributed by atoms with Gasteiger partial charge in [-0.25, -0.2) is 4.79 Å². The molecule has 1 aliphatic carbocycles. The fourth-order valence-electron chi connectivity index (χ4n) is 4.58. The summed E-state index contributed by atoms with van der Waals surface area (Å²) in [7, 11) is 0. The van der Waals surface area contributed by atoms with Crippen LogP contribution in [0.2, 0.25) is 0 Å². The summed E-state index contributed by atoms with van der Waals surface area (Å²) in [6.07, 6.45) is 1.08. The largest absolute Gasteiger partial charge is 0.449 e. The maximum atomic E-state index is 12.3. The second-order valence-corrected chi connectivity index (χ2v) is 8.66. The Bertz CT molecular complexity index is 1320. The average molecular weight is 458 g/mol. The summed E-state index contributed by atoms with van der Waals surface area (Å²) < 4.78 is 5.57. The second-order valence-electron chi connectivity index (χ2n) is 8.66. The van der Waals surface area contributed by atoms with E-state index in [0.29, 0.717) is 19.6 Å². The first-order valence-electron chi connectivity index (χ1n) is 12.0. The average Bonchev–Trinajstić information content (AvgIpc) is 3.22. The maximum absolute atomic E-state index is 12.3. The summed E-state index contributed by atoms with van der Waals surface area (Å²) in [5.74, 6) is 6.36. The summed E-state index contributed by atoms with van der Waals surface area (Å²) in [5.41, 5.74) is 8.40. The molecular weight excluding hydrogens is 430 g/mol. The minimum atomic E-state index is -0.404. The molecule has 0 saturated carbocycles. The van der Waals surface area contributed by atoms with Crippen molar-refractivity contribution < 1.29 is 9.53 Å². The molecule has 4 aromatic carbocycles. The van der Waals surface area contributed by atoms with Gasteiger partial charge in [-0.05, 0) is 51.9 Å². The summed E-state index contributed by atoms with van der Waals surface area (Å²) in [6.45, 7) is 0.774. The second kappa shape index (κ2) is 10.8. The van der Waals surface area contributed by atoms with Crippen molar-refractivity contribution in [3.8, 4) is 23.0 Å². The molecule has 5 rings (SSSR count). The van der Waals surface area contributed by atoms with Gasteiger partial charge in [-0.1, -0.05) is 103 Å². The fraction of sp³-hybridized carbons (Fsp3) is 0.156. The highest BCUT2D eigenvalue weighted by Gasteiger charge is 2.28. The van der Waals surface area contributed by atoms with E-state index in [1.165, 1.54) is 33.4 Å². The highest BCUT2D eigenvalue weighted by Crippen LogP contribution is 2.44. The van der Waals surface area contributed by atoms with E-state index in [9.17, 15) is 4.79 Å². The van der Waals surface area contributed by atoms with Crippen molar-refractivity contribution in [3.05, 3.63) is 131 Å². The van der Waals surface area contributed by atoms with Crippen LogP contribution in [0, 0.1) is 11.8 Å². The van der Waals surface area contributed by atoms with E-state index in [1.807, 2.05) is 42.5 Å². The molecule has 1 amide bonds. The van der Waals surface area contributed by atoms with Gasteiger partial charge < -0.3 is 10.1 Å². The van der Waals surface area contributed by atoms with Gasteiger partial charge in [0.1, 0.15) is 6.61 Å². The van der Waals surface area contributed by atoms with Crippen LogP contribution in [0.5, 0.6) is 0 Å². The monoisotopic (exact) mass is 457 g/mol. The zero-order chi connectivity index (χ0) is 23.9. The molecular formula is C32H27NO2. The van der Waals surface area contributed by atoms with Crippen molar-refractivity contribution in [3.63, 3.8) is 0 Å². The number of alkyl carbamates (subject to hydrolysis) is 1. The molecule has 0 fully saturated rings. The molecule has 1 aliphatic rings. The third-order valence-electron chi connectivity index (χ3n) is 6.30. The summed E-state index contributed by atoms with van der Waals surface area (Å²) >= 11 is 0. The van der Waals surface area contributed by atoms with Gasteiger partial charge in [0.05, 0.1) is 0 Å². The molecule has 0 heterocycles. The zero-order valence-corrected chi connectivity index (χ0v) is 19.5. The lowest BCUT2D eigenvalue weighted by Crippen LogP contribution is -2.26. The predicted octanol–water partition coefficient (Wildman–Crippen LogP) is 6.56. The zero-order valence-electron chi connectivity index (χ0n) is 19.5. The number of hydrogen-bond donors (Lipinski definition) is 1. The van der Waals surface area contributed by atoms with E-state index in [-0.39, 0.29) is 5.92 Å². The Labute approximate surface area is 206 Å². The lowest BCUT2D eigenvalue weighted by molar-refractivity contribution is 0.143. The van der Waals surface area contributed by atoms with Crippen LogP contribution in [0.4, 0.5) is 4.79 Å². The predicted molar refractivity (Wildman–Crippen MR) is 140 cm³/mol. The molecule has 0 aliphatic heterocycles. The Morgan fingerprint density at radius 1 is 0.743 bits per heavy atom. The third-order valence-corrected chi connectivity index (χ3v) is 6.30. The number of rotatable bonds is 6. The van der Waals surface area contributed by atoms with Crippen LogP contribution >= 0.6 is 0 Å². The van der Waals surface area contributed by atoms with Crippen LogP contribution in [-0.4, -0.2) is 19.2 Å². The van der Waals surface area contributed by atoms with Crippen molar-refractivity contribution >= 4 is 6.09 Å². The summed E-state index contributed by atoms with van der Waals surface area (Å²) in [5, 5.41) is 2.81. The summed E-state index contributed by atoms with van der Waals surface area (Å²) in [6, 6.07) is 35.4. The number of carbonyl (C=O) groups is 1. The molecule has 0 spiro atoms. The standard InChI is InChI=1S/C32H27NO2/c34-32(35-23-31-29-15-6-4-13-27(29)28-14-5-7-16-30(28)31)33-21-9-8-10-24-17-19-26(20-18-24)22-25-11-2-1-3-12-25/h1-7,11-20,31H,9,21-23H2,(H,33,34). The van der Waals surface area contributed by atoms with Crippen molar-refractivity contribution in [2.45, 2.75) is 18.8 Å². The number of fused-ring (bicyclic) bond motifs is 3. The Balaban J connectivity index is 1.08. The minimum Gasteiger partial charge on any atom is -0.449 e. The van der Waals surface area contributed by atoms with Gasteiger partial charge in [-0.2, -0.15) is 0 Å². The first-order valence-corrected chi connectivity index (χ1v) is 12.0. The first kappa shape index (κ1) is 22.5. The number of hydrogen-bond acceptors (Lipinski definition) is 2. The van der Waals surface area contributed by atoms with Crippen molar-refractivity contribution in [2.24, 2.45) is 0 Å². The third kappa shape index (κ3) is 5.45. The lowest BCUT2D eigenvalue weighted by Gasteiger charge is -2.14. The summed E-state index contributed by atoms with van der Waals surface area (Å²) in [4.78, 5) is 12.3. The quantitative estimate of drug-likeness (QED) is 0.263. The van der Waals surface area contributed by atoms with Gasteiger partial charge in [-0.15, -0.1) is 0 Å². The number of carbonyl (C=O) groups excluding carboxylic acids is 1. The Morgan fingerprint density at radius 2 is 1.34 bits per heavy atom. The Hall–Kier alpha value is -4.29. The van der Waals surface area contributed by atoms with Crippen LogP contribution in [0.15, 0.2) is 103 Å². The number of nitrogens with one attached hydrogen (secondary N) is 1. The topological polar surface area (TPSA) is 38.3 Å². The molecule has 0 bridgehead atoms. The Kier molecular flexibility index (Phi) is 6.92. The van der Waals surface area contributed by atoms with Crippen molar-refractivity contribution in [1.29, 1.82) is 0 Å².